The Kier molecular flexibility index (Phi) is 4.31. The summed E-state index contributed by atoms with van der Waals surface area (Å²) in [5, 5.41) is 12.2. The summed E-state index contributed by atoms with van der Waals surface area (Å²) in [5.41, 5.74) is 2.83. The Bertz CT molecular complexity index is 626. The van der Waals surface area contributed by atoms with Gasteiger partial charge < -0.3 is 5.32 Å². The van der Waals surface area contributed by atoms with Crippen molar-refractivity contribution in [2.45, 2.75) is 33.2 Å². The minimum Gasteiger partial charge on any atom is -0.363 e. The molecular weight excluding hydrogens is 248 g/mol. The number of aromatic nitrogens is 2. The summed E-state index contributed by atoms with van der Waals surface area (Å²) in [4.78, 5) is 8.77. The smallest absolute Gasteiger partial charge is 0.130 e. The predicted octanol–water partition coefficient (Wildman–Crippen LogP) is 3.39. The van der Waals surface area contributed by atoms with Crippen molar-refractivity contribution in [1.82, 2.24) is 9.97 Å². The van der Waals surface area contributed by atoms with Gasteiger partial charge in [-0.1, -0.05) is 19.1 Å². The first-order valence-electron chi connectivity index (χ1n) is 6.73. The van der Waals surface area contributed by atoms with Crippen LogP contribution in [0.25, 0.3) is 0 Å². The summed E-state index contributed by atoms with van der Waals surface area (Å²) < 4.78 is 0. The quantitative estimate of drug-likeness (QED) is 0.921. The topological polar surface area (TPSA) is 61.6 Å². The normalized spacial score (nSPS) is 11.7. The second-order valence-electron chi connectivity index (χ2n) is 4.75. The van der Waals surface area contributed by atoms with Crippen LogP contribution in [-0.4, -0.2) is 9.97 Å². The minimum atomic E-state index is 0.127. The molecular formula is C16H18N4. The van der Waals surface area contributed by atoms with E-state index in [1.165, 1.54) is 0 Å². The maximum atomic E-state index is 8.81. The van der Waals surface area contributed by atoms with Crippen LogP contribution in [0, 0.1) is 18.3 Å². The maximum absolute atomic E-state index is 8.81. The molecule has 1 aromatic heterocycles. The van der Waals surface area contributed by atoms with E-state index < -0.39 is 0 Å². The van der Waals surface area contributed by atoms with Gasteiger partial charge in [0.25, 0.3) is 0 Å². The van der Waals surface area contributed by atoms with Crippen LogP contribution in [0.15, 0.2) is 30.3 Å². The third kappa shape index (κ3) is 3.33. The summed E-state index contributed by atoms with van der Waals surface area (Å²) >= 11 is 0. The highest BCUT2D eigenvalue weighted by Crippen LogP contribution is 2.19. The van der Waals surface area contributed by atoms with Gasteiger partial charge >= 0.3 is 0 Å². The van der Waals surface area contributed by atoms with Crippen molar-refractivity contribution < 1.29 is 0 Å². The Morgan fingerprint density at radius 2 is 1.95 bits per heavy atom. The van der Waals surface area contributed by atoms with Gasteiger partial charge in [0.15, 0.2) is 0 Å². The highest BCUT2D eigenvalue weighted by atomic mass is 15.0. The summed E-state index contributed by atoms with van der Waals surface area (Å²) in [6, 6.07) is 11.8. The molecule has 0 aliphatic rings. The molecule has 1 N–H and O–H groups in total. The molecule has 4 nitrogen and oxygen atoms in total. The fourth-order valence-electron chi connectivity index (χ4n) is 2.04. The van der Waals surface area contributed by atoms with E-state index >= 15 is 0 Å². The molecule has 0 amide bonds. The van der Waals surface area contributed by atoms with Crippen molar-refractivity contribution in [1.29, 1.82) is 5.26 Å². The van der Waals surface area contributed by atoms with E-state index in [2.05, 4.69) is 35.2 Å². The Balaban J connectivity index is 2.16. The number of nitrogens with one attached hydrogen (secondary N) is 1. The number of rotatable bonds is 4. The monoisotopic (exact) mass is 266 g/mol. The van der Waals surface area contributed by atoms with Gasteiger partial charge in [0.05, 0.1) is 11.6 Å². The molecule has 102 valence electrons. The van der Waals surface area contributed by atoms with Crippen LogP contribution in [0.4, 0.5) is 5.82 Å². The summed E-state index contributed by atoms with van der Waals surface area (Å²) in [6.45, 7) is 6.05. The van der Waals surface area contributed by atoms with E-state index in [0.29, 0.717) is 5.56 Å². The molecule has 0 saturated carbocycles. The van der Waals surface area contributed by atoms with E-state index in [4.69, 9.17) is 5.26 Å². The largest absolute Gasteiger partial charge is 0.363 e. The van der Waals surface area contributed by atoms with Crippen LogP contribution in [0.2, 0.25) is 0 Å². The highest BCUT2D eigenvalue weighted by Gasteiger charge is 2.07. The third-order valence-electron chi connectivity index (χ3n) is 3.16. The number of anilines is 1. The van der Waals surface area contributed by atoms with Crippen LogP contribution >= 0.6 is 0 Å². The van der Waals surface area contributed by atoms with Crippen molar-refractivity contribution >= 4 is 5.82 Å². The molecule has 1 aromatic carbocycles. The van der Waals surface area contributed by atoms with E-state index in [-0.39, 0.29) is 6.04 Å². The molecule has 0 aliphatic carbocycles. The van der Waals surface area contributed by atoms with E-state index in [9.17, 15) is 0 Å². The molecule has 1 atom stereocenters. The first-order chi connectivity index (χ1) is 9.62. The van der Waals surface area contributed by atoms with Crippen molar-refractivity contribution in [2.24, 2.45) is 0 Å². The molecule has 20 heavy (non-hydrogen) atoms. The number of hydrogen-bond acceptors (Lipinski definition) is 4. The fourth-order valence-corrected chi connectivity index (χ4v) is 2.04. The average molecular weight is 266 g/mol. The number of hydrogen-bond donors (Lipinski definition) is 1. The van der Waals surface area contributed by atoms with Gasteiger partial charge in [-0.05, 0) is 38.0 Å². The minimum absolute atomic E-state index is 0.127. The first-order valence-corrected chi connectivity index (χ1v) is 6.73. The fraction of sp³-hybridized carbons (Fsp3) is 0.312. The molecule has 2 aromatic rings. The molecule has 0 bridgehead atoms. The zero-order valence-electron chi connectivity index (χ0n) is 12.0. The van der Waals surface area contributed by atoms with Crippen LogP contribution in [-0.2, 0) is 6.42 Å². The zero-order valence-corrected chi connectivity index (χ0v) is 12.0. The van der Waals surface area contributed by atoms with Gasteiger partial charge in [0, 0.05) is 17.8 Å². The van der Waals surface area contributed by atoms with Gasteiger partial charge in [-0.2, -0.15) is 5.26 Å². The number of nitrogens with zero attached hydrogens (tertiary/aromatic N) is 3. The molecule has 0 spiro atoms. The summed E-state index contributed by atoms with van der Waals surface area (Å²) in [7, 11) is 0. The van der Waals surface area contributed by atoms with Crippen LogP contribution < -0.4 is 5.32 Å². The van der Waals surface area contributed by atoms with Crippen LogP contribution in [0.3, 0.4) is 0 Å². The van der Waals surface area contributed by atoms with Crippen molar-refractivity contribution in [3.63, 3.8) is 0 Å². The Morgan fingerprint density at radius 3 is 2.55 bits per heavy atom. The van der Waals surface area contributed by atoms with Crippen molar-refractivity contribution in [3.05, 3.63) is 53.0 Å². The van der Waals surface area contributed by atoms with E-state index in [1.54, 1.807) is 0 Å². The lowest BCUT2D eigenvalue weighted by molar-refractivity contribution is 0.858. The Hall–Kier alpha value is -2.41. The molecule has 0 fully saturated rings. The van der Waals surface area contributed by atoms with Gasteiger partial charge in [0.1, 0.15) is 11.6 Å². The molecule has 0 saturated heterocycles. The van der Waals surface area contributed by atoms with Crippen LogP contribution in [0.1, 0.15) is 42.5 Å². The van der Waals surface area contributed by atoms with Gasteiger partial charge in [-0.25, -0.2) is 9.97 Å². The molecule has 4 heteroatoms. The standard InChI is InChI=1S/C16H18N4/c1-4-15-9-16(20-12(3)19-15)18-11(2)14-7-5-13(10-17)6-8-14/h5-9,11H,4H2,1-3H3,(H,18,19,20). The Morgan fingerprint density at radius 1 is 1.25 bits per heavy atom. The lowest BCUT2D eigenvalue weighted by Gasteiger charge is -2.15. The maximum Gasteiger partial charge on any atom is 0.130 e. The SMILES string of the molecule is CCc1cc(NC(C)c2ccc(C#N)cc2)nc(C)n1. The van der Waals surface area contributed by atoms with Crippen molar-refractivity contribution in [2.75, 3.05) is 5.32 Å². The summed E-state index contributed by atoms with van der Waals surface area (Å²) in [6.07, 6.45) is 0.892. The second-order valence-corrected chi connectivity index (χ2v) is 4.75. The van der Waals surface area contributed by atoms with Gasteiger partial charge in [0.2, 0.25) is 0 Å². The lowest BCUT2D eigenvalue weighted by Crippen LogP contribution is -2.09. The molecule has 0 aliphatic heterocycles. The second kappa shape index (κ2) is 6.16. The molecule has 2 rings (SSSR count). The average Bonchev–Trinajstić information content (AvgIpc) is 2.46. The number of benzene rings is 1. The molecule has 1 heterocycles. The van der Waals surface area contributed by atoms with Gasteiger partial charge in [-0.15, -0.1) is 0 Å². The number of aryl methyl sites for hydroxylation is 2. The highest BCUT2D eigenvalue weighted by molar-refractivity contribution is 5.41. The van der Waals surface area contributed by atoms with Crippen molar-refractivity contribution in [3.8, 4) is 6.07 Å². The predicted molar refractivity (Wildman–Crippen MR) is 79.3 cm³/mol. The molecule has 1 unspecified atom stereocenters. The zero-order chi connectivity index (χ0) is 14.5. The van der Waals surface area contributed by atoms with Gasteiger partial charge in [-0.3, -0.25) is 0 Å². The number of nitriles is 1. The van der Waals surface area contributed by atoms with E-state index in [0.717, 1.165) is 29.3 Å². The molecule has 0 radical (unpaired) electrons. The lowest BCUT2D eigenvalue weighted by atomic mass is 10.1. The Labute approximate surface area is 119 Å². The van der Waals surface area contributed by atoms with E-state index in [1.807, 2.05) is 37.3 Å². The third-order valence-corrected chi connectivity index (χ3v) is 3.16. The van der Waals surface area contributed by atoms with Crippen LogP contribution in [0.5, 0.6) is 0 Å². The first kappa shape index (κ1) is 14.0. The summed E-state index contributed by atoms with van der Waals surface area (Å²) in [5.74, 6) is 1.62.